The molecule has 9 amide bonds. The average Bonchev–Trinajstić information content (AvgIpc) is 1.79. The van der Waals surface area contributed by atoms with Gasteiger partial charge in [-0.2, -0.15) is 0 Å². The molecule has 2 saturated carbocycles. The van der Waals surface area contributed by atoms with Crippen molar-refractivity contribution < 1.29 is 43.2 Å². The second-order valence-electron chi connectivity index (χ2n) is 39.5. The Balaban J connectivity index is 0.000000486. The number of amides is 9. The maximum Gasteiger partial charge on any atom is 0.253 e. The molecule has 0 spiro atoms. The van der Waals surface area contributed by atoms with Gasteiger partial charge in [-0.15, -0.1) is 0 Å². The Morgan fingerprint density at radius 2 is 0.664 bits per heavy atom. The lowest BCUT2D eigenvalue weighted by Gasteiger charge is -2.44. The van der Waals surface area contributed by atoms with E-state index in [-0.39, 0.29) is 77.3 Å². The SMILES string of the molecule is C=C1C=CC(=O)N1CCCCCCCCC1CCC(CCCCCC)C(CCCCCCCC)C1CCCCCCCCC.CCCCCCCCC1C(CCCCCC)CCC(CCCCCCCCN2C(=O)C=CC2=O)C1CCCCCCCCN1C(=O)CC(N(CCC(C)CC(C)(C)CN(C(C)=O)C2CC(=O)N(C)C2=O)C(C)=O)C1=O. The van der Waals surface area contributed by atoms with Crippen molar-refractivity contribution in [1.29, 1.82) is 0 Å². The highest BCUT2D eigenvalue weighted by Gasteiger charge is 2.46. The van der Waals surface area contributed by atoms with Gasteiger partial charge in [-0.05, 0) is 148 Å². The summed E-state index contributed by atoms with van der Waals surface area (Å²) < 4.78 is 0. The molecular formula is C104H182N6O9. The summed E-state index contributed by atoms with van der Waals surface area (Å²) >= 11 is 0. The summed E-state index contributed by atoms with van der Waals surface area (Å²) in [4.78, 5) is 122. The standard InChI is InChI=1S/C62H105N5O8.C42H77NO/c1-9-11-13-15-21-27-33-52-50(31-25-14-12-10-2)35-36-51(32-26-20-16-18-23-29-40-65-56(70)37-38-57(65)71)53(52)34-28-22-17-19-24-30-41-66-59(73)44-55(61(66)75)64(48(4)68)42-39-47(3)45-62(6,7)46-67(49(5)69)54-43-58(72)63(8)60(54)74;1-5-8-11-14-16-21-26-31-41-39(29-24-19-17-18-22-27-36-43-37(4)32-35-42(43)44)34-33-38(28-23-13-10-7-3)40(41)30-25-20-15-12-9-6-2/h37-38,47,50-55H,9-36,39-46H2,1-8H3;32,35,38-41H,4-31,33-34,36H2,1-3H3. The van der Waals surface area contributed by atoms with Crippen molar-refractivity contribution in [2.75, 3.05) is 39.8 Å². The van der Waals surface area contributed by atoms with Gasteiger partial charge >= 0.3 is 0 Å². The van der Waals surface area contributed by atoms with E-state index in [4.69, 9.17) is 0 Å². The van der Waals surface area contributed by atoms with Crippen molar-refractivity contribution >= 4 is 53.2 Å². The molecule has 4 aliphatic heterocycles. The van der Waals surface area contributed by atoms with Crippen molar-refractivity contribution in [3.05, 3.63) is 36.6 Å². The van der Waals surface area contributed by atoms with Crippen LogP contribution in [0.1, 0.15) is 461 Å². The third-order valence-corrected chi connectivity index (χ3v) is 29.1. The number of unbranched alkanes of at least 4 members (excludes halogenated alkanes) is 37. The molecule has 0 aromatic carbocycles. The molecule has 2 aliphatic carbocycles. The van der Waals surface area contributed by atoms with E-state index in [1.54, 1.807) is 11.0 Å². The highest BCUT2D eigenvalue weighted by atomic mass is 16.2. The van der Waals surface area contributed by atoms with Crippen LogP contribution in [0.4, 0.5) is 0 Å². The zero-order valence-corrected chi connectivity index (χ0v) is 78.9. The van der Waals surface area contributed by atoms with E-state index in [1.165, 1.54) is 362 Å². The minimum atomic E-state index is -0.794. The van der Waals surface area contributed by atoms with Crippen LogP contribution < -0.4 is 0 Å². The van der Waals surface area contributed by atoms with Crippen LogP contribution in [0.5, 0.6) is 0 Å². The van der Waals surface area contributed by atoms with Gasteiger partial charge in [0.2, 0.25) is 23.6 Å². The van der Waals surface area contributed by atoms with E-state index in [0.29, 0.717) is 39.0 Å². The lowest BCUT2D eigenvalue weighted by molar-refractivity contribution is -0.144. The van der Waals surface area contributed by atoms with Gasteiger partial charge in [0.25, 0.3) is 29.5 Å². The van der Waals surface area contributed by atoms with Crippen molar-refractivity contribution in [2.24, 2.45) is 58.7 Å². The van der Waals surface area contributed by atoms with E-state index in [2.05, 4.69) is 48.1 Å². The Kier molecular flexibility index (Phi) is 54.0. The molecule has 0 radical (unpaired) electrons. The van der Waals surface area contributed by atoms with Gasteiger partial charge in [0.05, 0.1) is 12.8 Å². The van der Waals surface area contributed by atoms with Crippen LogP contribution in [-0.2, 0) is 43.2 Å². The summed E-state index contributed by atoms with van der Waals surface area (Å²) in [5.41, 5.74) is 0.481. The number of likely N-dealkylation sites (N-methyl/N-ethyl adjacent to an activating group) is 1. The van der Waals surface area contributed by atoms with E-state index >= 15 is 0 Å². The van der Waals surface area contributed by atoms with Crippen LogP contribution in [0.25, 0.3) is 0 Å². The molecule has 6 rings (SSSR count). The van der Waals surface area contributed by atoms with Crippen molar-refractivity contribution in [2.45, 2.75) is 473 Å². The Morgan fingerprint density at radius 1 is 0.378 bits per heavy atom. The number of hydrogen-bond acceptors (Lipinski definition) is 9. The minimum Gasteiger partial charge on any atom is -0.330 e. The molecule has 0 aromatic heterocycles. The normalized spacial score (nSPS) is 22.4. The first kappa shape index (κ1) is 105. The summed E-state index contributed by atoms with van der Waals surface area (Å²) in [6.45, 7) is 27.1. The first-order valence-electron chi connectivity index (χ1n) is 50.9. The van der Waals surface area contributed by atoms with Crippen molar-refractivity contribution in [3.63, 3.8) is 0 Å². The van der Waals surface area contributed by atoms with Crippen LogP contribution in [0, 0.1) is 58.7 Å². The lowest BCUT2D eigenvalue weighted by atomic mass is 9.61. The molecule has 15 heteroatoms. The first-order valence-corrected chi connectivity index (χ1v) is 50.9. The fourth-order valence-corrected chi connectivity index (χ4v) is 22.2. The molecule has 11 atom stereocenters. The van der Waals surface area contributed by atoms with Gasteiger partial charge in [0.1, 0.15) is 12.1 Å². The van der Waals surface area contributed by atoms with Crippen LogP contribution in [0.2, 0.25) is 0 Å². The molecule has 0 aromatic rings. The van der Waals surface area contributed by atoms with Crippen LogP contribution in [0.15, 0.2) is 36.6 Å². The first-order chi connectivity index (χ1) is 57.5. The van der Waals surface area contributed by atoms with E-state index in [1.807, 2.05) is 24.8 Å². The molecule has 11 unspecified atom stereocenters. The van der Waals surface area contributed by atoms with Crippen LogP contribution >= 0.6 is 0 Å². The Bertz CT molecular complexity index is 2920. The molecule has 0 N–H and O–H groups in total. The number of likely N-dealkylation sites (tertiary alicyclic amines) is 2. The van der Waals surface area contributed by atoms with Gasteiger partial charge in [-0.3, -0.25) is 57.9 Å². The molecule has 6 aliphatic rings. The molecule has 4 heterocycles. The predicted octanol–water partition coefficient (Wildman–Crippen LogP) is 26.1. The number of hydrogen-bond donors (Lipinski definition) is 0. The van der Waals surface area contributed by atoms with Gasteiger partial charge in [-0.1, -0.05) is 357 Å². The highest BCUT2D eigenvalue weighted by Crippen LogP contribution is 2.50. The minimum absolute atomic E-state index is 0.0117. The summed E-state index contributed by atoms with van der Waals surface area (Å²) in [6.07, 6.45) is 84.2. The van der Waals surface area contributed by atoms with E-state index in [0.717, 1.165) is 116 Å². The second-order valence-corrected chi connectivity index (χ2v) is 39.5. The Hall–Kier alpha value is -4.95. The molecule has 15 nitrogen and oxygen atoms in total. The third-order valence-electron chi connectivity index (χ3n) is 29.1. The number of rotatable bonds is 68. The largest absolute Gasteiger partial charge is 0.330 e. The summed E-state index contributed by atoms with van der Waals surface area (Å²) in [5, 5.41) is 0. The topological polar surface area (TPSA) is 173 Å². The number of imide groups is 3. The Morgan fingerprint density at radius 3 is 0.992 bits per heavy atom. The molecule has 119 heavy (non-hydrogen) atoms. The highest BCUT2D eigenvalue weighted by molar-refractivity contribution is 6.13. The van der Waals surface area contributed by atoms with Crippen molar-refractivity contribution in [3.8, 4) is 0 Å². The fourth-order valence-electron chi connectivity index (χ4n) is 22.2. The number of carbonyl (C=O) groups is 9. The number of nitrogens with zero attached hydrogens (tertiary/aromatic N) is 6. The molecule has 682 valence electrons. The second kappa shape index (κ2) is 61.4. The summed E-state index contributed by atoms with van der Waals surface area (Å²) in [6, 6.07) is -1.58. The van der Waals surface area contributed by atoms with E-state index in [9.17, 15) is 43.2 Å². The maximum absolute atomic E-state index is 13.8. The number of allylic oxidation sites excluding steroid dienone is 1. The van der Waals surface area contributed by atoms with Gasteiger partial charge in [0, 0.05) is 77.5 Å². The summed E-state index contributed by atoms with van der Waals surface area (Å²) in [5.74, 6) is 5.65. The quantitative estimate of drug-likeness (QED) is 0.0424. The smallest absolute Gasteiger partial charge is 0.253 e. The molecule has 2 saturated heterocycles. The monoisotopic (exact) mass is 1660 g/mol. The number of carbonyl (C=O) groups excluding carboxylic acids is 9. The van der Waals surface area contributed by atoms with E-state index < -0.39 is 12.1 Å². The van der Waals surface area contributed by atoms with Crippen LogP contribution in [-0.4, -0.2) is 134 Å². The van der Waals surface area contributed by atoms with Crippen molar-refractivity contribution in [1.82, 2.24) is 29.4 Å². The molecular weight excluding hydrogens is 1480 g/mol. The zero-order chi connectivity index (χ0) is 86.6. The van der Waals surface area contributed by atoms with Crippen LogP contribution in [0.3, 0.4) is 0 Å². The van der Waals surface area contributed by atoms with Gasteiger partial charge < -0.3 is 14.7 Å². The zero-order valence-electron chi connectivity index (χ0n) is 78.9. The molecule has 4 fully saturated rings. The van der Waals surface area contributed by atoms with Gasteiger partial charge in [-0.25, -0.2) is 0 Å². The fraction of sp³-hybridized carbons (Fsp3) is 0.856. The third kappa shape index (κ3) is 39.4. The van der Waals surface area contributed by atoms with Gasteiger partial charge in [0.15, 0.2) is 0 Å². The summed E-state index contributed by atoms with van der Waals surface area (Å²) in [7, 11) is 1.45. The molecule has 0 bridgehead atoms. The average molecular weight is 1660 g/mol. The lowest BCUT2D eigenvalue weighted by Crippen LogP contribution is -2.48. The maximum atomic E-state index is 13.8. The predicted molar refractivity (Wildman–Crippen MR) is 494 cm³/mol. The Labute approximate surface area is 729 Å².